The van der Waals surface area contributed by atoms with Gasteiger partial charge in [0.15, 0.2) is 0 Å². The molecule has 1 atom stereocenters. The number of unbranched alkanes of at least 4 members (excludes halogenated alkanes) is 1. The van der Waals surface area contributed by atoms with Gasteiger partial charge in [-0.15, -0.1) is 0 Å². The van der Waals surface area contributed by atoms with E-state index in [1.54, 1.807) is 0 Å². The van der Waals surface area contributed by atoms with Gasteiger partial charge in [0.1, 0.15) is 5.75 Å². The Bertz CT molecular complexity index is 441. The molecule has 0 amide bonds. The fourth-order valence-corrected chi connectivity index (χ4v) is 4.52. The van der Waals surface area contributed by atoms with Crippen molar-refractivity contribution in [3.05, 3.63) is 60.7 Å². The van der Waals surface area contributed by atoms with E-state index in [9.17, 15) is 0 Å². The average molecular weight is 256 g/mol. The van der Waals surface area contributed by atoms with Crippen LogP contribution in [0.5, 0.6) is 5.75 Å². The molecule has 0 aliphatic heterocycles. The first kappa shape index (κ1) is 12.9. The van der Waals surface area contributed by atoms with Gasteiger partial charge in [-0.25, -0.2) is 0 Å². The second-order valence-electron chi connectivity index (χ2n) is 4.47. The molecule has 1 unspecified atom stereocenters. The van der Waals surface area contributed by atoms with Crippen molar-refractivity contribution in [2.45, 2.75) is 25.8 Å². The van der Waals surface area contributed by atoms with Gasteiger partial charge < -0.3 is 4.43 Å². The van der Waals surface area contributed by atoms with Crippen molar-refractivity contribution in [2.75, 3.05) is 0 Å². The Kier molecular flexibility index (Phi) is 5.03. The van der Waals surface area contributed by atoms with Gasteiger partial charge in [-0.05, 0) is 23.4 Å². The maximum Gasteiger partial charge on any atom is 0.267 e. The highest BCUT2D eigenvalue weighted by atomic mass is 28.3. The van der Waals surface area contributed by atoms with Crippen molar-refractivity contribution in [3.8, 4) is 5.75 Å². The molecule has 2 aromatic carbocycles. The van der Waals surface area contributed by atoms with Gasteiger partial charge in [-0.1, -0.05) is 68.3 Å². The SMILES string of the molecule is CCCC[SiH](Oc1ccccc1)c1ccccc1. The molecule has 0 bridgehead atoms. The molecule has 18 heavy (non-hydrogen) atoms. The molecule has 0 aliphatic carbocycles. The van der Waals surface area contributed by atoms with Gasteiger partial charge >= 0.3 is 0 Å². The third-order valence-electron chi connectivity index (χ3n) is 3.01. The fraction of sp³-hybridized carbons (Fsp3) is 0.250. The van der Waals surface area contributed by atoms with Crippen LogP contribution in [0.1, 0.15) is 19.8 Å². The second-order valence-corrected chi connectivity index (χ2v) is 6.93. The van der Waals surface area contributed by atoms with Crippen LogP contribution in [-0.2, 0) is 0 Å². The topological polar surface area (TPSA) is 9.23 Å². The van der Waals surface area contributed by atoms with Crippen molar-refractivity contribution in [1.29, 1.82) is 0 Å². The Balaban J connectivity index is 2.10. The highest BCUT2D eigenvalue weighted by Gasteiger charge is 2.15. The van der Waals surface area contributed by atoms with E-state index in [1.165, 1.54) is 24.1 Å². The van der Waals surface area contributed by atoms with Gasteiger partial charge in [-0.3, -0.25) is 0 Å². The van der Waals surface area contributed by atoms with Crippen LogP contribution in [-0.4, -0.2) is 9.04 Å². The number of hydrogen-bond donors (Lipinski definition) is 0. The van der Waals surface area contributed by atoms with Gasteiger partial charge in [0, 0.05) is 0 Å². The van der Waals surface area contributed by atoms with Crippen molar-refractivity contribution in [2.24, 2.45) is 0 Å². The molecule has 0 saturated carbocycles. The molecule has 1 nitrogen and oxygen atoms in total. The molecule has 2 heteroatoms. The monoisotopic (exact) mass is 256 g/mol. The minimum absolute atomic E-state index is 1.01. The van der Waals surface area contributed by atoms with Gasteiger partial charge in [0.05, 0.1) is 0 Å². The van der Waals surface area contributed by atoms with Crippen molar-refractivity contribution in [3.63, 3.8) is 0 Å². The van der Waals surface area contributed by atoms with E-state index in [0.717, 1.165) is 5.75 Å². The zero-order valence-corrected chi connectivity index (χ0v) is 12.0. The molecule has 2 aromatic rings. The van der Waals surface area contributed by atoms with Crippen LogP contribution < -0.4 is 9.61 Å². The molecule has 0 radical (unpaired) electrons. The lowest BCUT2D eigenvalue weighted by molar-refractivity contribution is 0.573. The number of para-hydroxylation sites is 1. The van der Waals surface area contributed by atoms with Crippen molar-refractivity contribution < 1.29 is 4.43 Å². The fourth-order valence-electron chi connectivity index (χ4n) is 2.01. The van der Waals surface area contributed by atoms with E-state index in [2.05, 4.69) is 49.4 Å². The third-order valence-corrected chi connectivity index (χ3v) is 5.63. The van der Waals surface area contributed by atoms with Crippen LogP contribution in [0.25, 0.3) is 0 Å². The smallest absolute Gasteiger partial charge is 0.267 e. The van der Waals surface area contributed by atoms with Gasteiger partial charge in [0.25, 0.3) is 9.04 Å². The van der Waals surface area contributed by atoms with E-state index in [1.807, 2.05) is 18.2 Å². The van der Waals surface area contributed by atoms with Gasteiger partial charge in [-0.2, -0.15) is 0 Å². The summed E-state index contributed by atoms with van der Waals surface area (Å²) in [4.78, 5) is 0. The largest absolute Gasteiger partial charge is 0.542 e. The lowest BCUT2D eigenvalue weighted by Gasteiger charge is -2.18. The van der Waals surface area contributed by atoms with Crippen molar-refractivity contribution in [1.82, 2.24) is 0 Å². The summed E-state index contributed by atoms with van der Waals surface area (Å²) in [5, 5.41) is 1.40. The molecule has 0 heterocycles. The van der Waals surface area contributed by atoms with E-state index in [0.29, 0.717) is 0 Å². The second kappa shape index (κ2) is 7.02. The molecule has 0 aliphatic rings. The summed E-state index contributed by atoms with van der Waals surface area (Å²) >= 11 is 0. The van der Waals surface area contributed by atoms with E-state index < -0.39 is 9.04 Å². The number of rotatable bonds is 6. The summed E-state index contributed by atoms with van der Waals surface area (Å²) in [7, 11) is -1.34. The quantitative estimate of drug-likeness (QED) is 0.719. The molecule has 0 saturated heterocycles. The highest BCUT2D eigenvalue weighted by molar-refractivity contribution is 6.68. The molecule has 0 aromatic heterocycles. The molecular formula is C16H20OSi. The first-order valence-electron chi connectivity index (χ1n) is 6.67. The average Bonchev–Trinajstić information content (AvgIpc) is 2.45. The molecule has 94 valence electrons. The minimum atomic E-state index is -1.34. The summed E-state index contributed by atoms with van der Waals surface area (Å²) < 4.78 is 6.24. The standard InChI is InChI=1S/C16H20OSi/c1-2-3-14-18(16-12-8-5-9-13-16)17-15-10-6-4-7-11-15/h4-13,18H,2-3,14H2,1H3. The summed E-state index contributed by atoms with van der Waals surface area (Å²) in [5.41, 5.74) is 0. The van der Waals surface area contributed by atoms with E-state index in [4.69, 9.17) is 4.43 Å². The Morgan fingerprint density at radius 2 is 1.50 bits per heavy atom. The summed E-state index contributed by atoms with van der Waals surface area (Å²) in [6, 6.07) is 22.1. The van der Waals surface area contributed by atoms with Gasteiger partial charge in [0.2, 0.25) is 0 Å². The van der Waals surface area contributed by atoms with Crippen LogP contribution in [0.2, 0.25) is 6.04 Å². The number of benzene rings is 2. The third kappa shape index (κ3) is 3.74. The maximum atomic E-state index is 6.24. The van der Waals surface area contributed by atoms with Crippen LogP contribution in [0.4, 0.5) is 0 Å². The normalized spacial score (nSPS) is 12.1. The van der Waals surface area contributed by atoms with E-state index >= 15 is 0 Å². The Morgan fingerprint density at radius 3 is 2.11 bits per heavy atom. The van der Waals surface area contributed by atoms with Crippen molar-refractivity contribution >= 4 is 14.2 Å². The predicted octanol–water partition coefficient (Wildman–Crippen LogP) is 3.50. The zero-order valence-electron chi connectivity index (χ0n) is 10.9. The predicted molar refractivity (Wildman–Crippen MR) is 80.0 cm³/mol. The lowest BCUT2D eigenvalue weighted by atomic mass is 10.3. The highest BCUT2D eigenvalue weighted by Crippen LogP contribution is 2.13. The first-order valence-corrected chi connectivity index (χ1v) is 8.53. The number of hydrogen-bond acceptors (Lipinski definition) is 1. The molecule has 2 rings (SSSR count). The summed E-state index contributed by atoms with van der Waals surface area (Å²) in [6.45, 7) is 2.24. The molecular weight excluding hydrogens is 236 g/mol. The Hall–Kier alpha value is -1.54. The Morgan fingerprint density at radius 1 is 0.889 bits per heavy atom. The van der Waals surface area contributed by atoms with Crippen LogP contribution in [0.15, 0.2) is 60.7 Å². The van der Waals surface area contributed by atoms with Crippen LogP contribution >= 0.6 is 0 Å². The zero-order chi connectivity index (χ0) is 12.6. The minimum Gasteiger partial charge on any atom is -0.542 e. The maximum absolute atomic E-state index is 6.24. The van der Waals surface area contributed by atoms with Crippen LogP contribution in [0.3, 0.4) is 0 Å². The Labute approximate surface area is 111 Å². The van der Waals surface area contributed by atoms with E-state index in [-0.39, 0.29) is 0 Å². The molecule has 0 N–H and O–H groups in total. The molecule has 0 spiro atoms. The molecule has 0 fully saturated rings. The first-order chi connectivity index (χ1) is 8.90. The van der Waals surface area contributed by atoms with Crippen LogP contribution in [0, 0.1) is 0 Å². The lowest BCUT2D eigenvalue weighted by Crippen LogP contribution is -2.36. The summed E-state index contributed by atoms with van der Waals surface area (Å²) in [6.07, 6.45) is 2.48. The summed E-state index contributed by atoms with van der Waals surface area (Å²) in [5.74, 6) is 1.01.